The van der Waals surface area contributed by atoms with Crippen LogP contribution in [0.25, 0.3) is 0 Å². The molecule has 1 aromatic carbocycles. The summed E-state index contributed by atoms with van der Waals surface area (Å²) in [5.41, 5.74) is 7.37. The fourth-order valence-electron chi connectivity index (χ4n) is 0.662. The lowest BCUT2D eigenvalue weighted by Crippen LogP contribution is -1.88. The molecule has 0 atom stereocenters. The van der Waals surface area contributed by atoms with Gasteiger partial charge in [0.15, 0.2) is 0 Å². The van der Waals surface area contributed by atoms with E-state index in [1.807, 2.05) is 26.8 Å². The van der Waals surface area contributed by atoms with Crippen LogP contribution in [0.4, 0.5) is 5.69 Å². The van der Waals surface area contributed by atoms with Crippen molar-refractivity contribution < 1.29 is 0 Å². The molecule has 0 saturated carbocycles. The number of aryl methyl sites for hydroxylation is 1. The zero-order chi connectivity index (χ0) is 9.72. The van der Waals surface area contributed by atoms with Crippen LogP contribution in [0.1, 0.15) is 19.4 Å². The van der Waals surface area contributed by atoms with Gasteiger partial charge in [-0.1, -0.05) is 25.4 Å². The summed E-state index contributed by atoms with van der Waals surface area (Å²) < 4.78 is 0.845. The smallest absolute Gasteiger partial charge is 0.0552 e. The van der Waals surface area contributed by atoms with Crippen molar-refractivity contribution in [2.45, 2.75) is 20.8 Å². The Balaban J connectivity index is 0.000000561. The molecule has 2 N–H and O–H groups in total. The van der Waals surface area contributed by atoms with Gasteiger partial charge in [0.2, 0.25) is 0 Å². The SMILES string of the molecule is CC.Cc1cc(Cl)c(Br)cc1N. The lowest BCUT2D eigenvalue weighted by Gasteiger charge is -2.01. The highest BCUT2D eigenvalue weighted by Crippen LogP contribution is 2.26. The second-order valence-electron chi connectivity index (χ2n) is 2.12. The molecule has 0 fully saturated rings. The van der Waals surface area contributed by atoms with Gasteiger partial charge in [-0.2, -0.15) is 0 Å². The van der Waals surface area contributed by atoms with Crippen LogP contribution in [-0.4, -0.2) is 0 Å². The molecule has 0 heterocycles. The zero-order valence-corrected chi connectivity index (χ0v) is 9.83. The van der Waals surface area contributed by atoms with Gasteiger partial charge < -0.3 is 5.73 Å². The van der Waals surface area contributed by atoms with Gasteiger partial charge >= 0.3 is 0 Å². The first-order chi connectivity index (χ1) is 5.61. The molecule has 12 heavy (non-hydrogen) atoms. The average molecular weight is 251 g/mol. The number of hydrogen-bond donors (Lipinski definition) is 1. The lowest BCUT2D eigenvalue weighted by molar-refractivity contribution is 1.46. The highest BCUT2D eigenvalue weighted by atomic mass is 79.9. The van der Waals surface area contributed by atoms with E-state index in [4.69, 9.17) is 17.3 Å². The largest absolute Gasteiger partial charge is 0.398 e. The summed E-state index contributed by atoms with van der Waals surface area (Å²) in [6.45, 7) is 5.92. The van der Waals surface area contributed by atoms with Gasteiger partial charge in [0, 0.05) is 10.2 Å². The Morgan fingerprint density at radius 3 is 2.25 bits per heavy atom. The van der Waals surface area contributed by atoms with Crippen molar-refractivity contribution >= 4 is 33.2 Å². The number of nitrogens with two attached hydrogens (primary N) is 1. The molecule has 0 aromatic heterocycles. The van der Waals surface area contributed by atoms with E-state index in [0.29, 0.717) is 5.02 Å². The van der Waals surface area contributed by atoms with Gasteiger partial charge in [-0.05, 0) is 40.5 Å². The maximum absolute atomic E-state index is 5.78. The van der Waals surface area contributed by atoms with Crippen LogP contribution in [-0.2, 0) is 0 Å². The van der Waals surface area contributed by atoms with Gasteiger partial charge in [0.1, 0.15) is 0 Å². The van der Waals surface area contributed by atoms with E-state index in [1.54, 1.807) is 6.07 Å². The molecule has 0 aliphatic heterocycles. The van der Waals surface area contributed by atoms with Crippen LogP contribution in [0.5, 0.6) is 0 Å². The normalized spacial score (nSPS) is 8.75. The molecule has 0 aliphatic carbocycles. The number of rotatable bonds is 0. The molecule has 0 bridgehead atoms. The van der Waals surface area contributed by atoms with Crippen LogP contribution in [0.2, 0.25) is 5.02 Å². The van der Waals surface area contributed by atoms with Crippen molar-refractivity contribution in [2.24, 2.45) is 0 Å². The fourth-order valence-corrected chi connectivity index (χ4v) is 1.24. The van der Waals surface area contributed by atoms with E-state index in [2.05, 4.69) is 15.9 Å². The minimum atomic E-state index is 0.701. The summed E-state index contributed by atoms with van der Waals surface area (Å²) in [7, 11) is 0. The van der Waals surface area contributed by atoms with E-state index < -0.39 is 0 Å². The third kappa shape index (κ3) is 3.03. The minimum absolute atomic E-state index is 0.701. The number of benzene rings is 1. The number of nitrogen functional groups attached to an aromatic ring is 1. The van der Waals surface area contributed by atoms with Crippen molar-refractivity contribution in [2.75, 3.05) is 5.73 Å². The van der Waals surface area contributed by atoms with Crippen LogP contribution < -0.4 is 5.73 Å². The van der Waals surface area contributed by atoms with Crippen molar-refractivity contribution in [1.82, 2.24) is 0 Å². The van der Waals surface area contributed by atoms with Crippen molar-refractivity contribution in [3.05, 3.63) is 27.2 Å². The summed E-state index contributed by atoms with van der Waals surface area (Å²) in [5.74, 6) is 0. The van der Waals surface area contributed by atoms with Crippen molar-refractivity contribution in [3.8, 4) is 0 Å². The Morgan fingerprint density at radius 2 is 1.83 bits per heavy atom. The first-order valence-electron chi connectivity index (χ1n) is 3.82. The molecule has 0 amide bonds. The fraction of sp³-hybridized carbons (Fsp3) is 0.333. The number of anilines is 1. The molecule has 0 spiro atoms. The summed E-state index contributed by atoms with van der Waals surface area (Å²) in [4.78, 5) is 0. The summed E-state index contributed by atoms with van der Waals surface area (Å²) >= 11 is 9.05. The van der Waals surface area contributed by atoms with Crippen LogP contribution >= 0.6 is 27.5 Å². The molecule has 0 unspecified atom stereocenters. The third-order valence-electron chi connectivity index (χ3n) is 1.31. The number of hydrogen-bond acceptors (Lipinski definition) is 1. The first kappa shape index (κ1) is 11.8. The highest BCUT2D eigenvalue weighted by Gasteiger charge is 1.99. The minimum Gasteiger partial charge on any atom is -0.398 e. The molecule has 0 saturated heterocycles. The van der Waals surface area contributed by atoms with Gasteiger partial charge in [-0.15, -0.1) is 0 Å². The highest BCUT2D eigenvalue weighted by molar-refractivity contribution is 9.10. The van der Waals surface area contributed by atoms with Crippen LogP contribution in [0.15, 0.2) is 16.6 Å². The molecule has 1 aromatic rings. The van der Waals surface area contributed by atoms with Gasteiger partial charge in [0.05, 0.1) is 5.02 Å². The van der Waals surface area contributed by atoms with Crippen molar-refractivity contribution in [3.63, 3.8) is 0 Å². The maximum atomic E-state index is 5.78. The number of halogens is 2. The third-order valence-corrected chi connectivity index (χ3v) is 2.51. The van der Waals surface area contributed by atoms with E-state index in [1.165, 1.54) is 0 Å². The van der Waals surface area contributed by atoms with Gasteiger partial charge in [-0.25, -0.2) is 0 Å². The first-order valence-corrected chi connectivity index (χ1v) is 4.99. The quantitative estimate of drug-likeness (QED) is 0.692. The Morgan fingerprint density at radius 1 is 1.33 bits per heavy atom. The predicted octanol–water partition coefficient (Wildman–Crippen LogP) is 4.02. The van der Waals surface area contributed by atoms with Crippen LogP contribution in [0.3, 0.4) is 0 Å². The standard InChI is InChI=1S/C7H7BrClN.C2H6/c1-4-2-6(9)5(8)3-7(4)10;1-2/h2-3H,10H2,1H3;1-2H3. The second-order valence-corrected chi connectivity index (χ2v) is 3.38. The van der Waals surface area contributed by atoms with Crippen LogP contribution in [0, 0.1) is 6.92 Å². The van der Waals surface area contributed by atoms with E-state index >= 15 is 0 Å². The molecule has 1 rings (SSSR count). The molecule has 68 valence electrons. The van der Waals surface area contributed by atoms with Gasteiger partial charge in [-0.3, -0.25) is 0 Å². The second kappa shape index (κ2) is 5.44. The Bertz CT molecular complexity index is 211. The molecular weight excluding hydrogens is 237 g/mol. The summed E-state index contributed by atoms with van der Waals surface area (Å²) in [5, 5.41) is 0.701. The Hall–Kier alpha value is -0.210. The molecule has 3 heteroatoms. The topological polar surface area (TPSA) is 26.0 Å². The lowest BCUT2D eigenvalue weighted by atomic mass is 10.2. The van der Waals surface area contributed by atoms with E-state index in [0.717, 1.165) is 15.7 Å². The van der Waals surface area contributed by atoms with Crippen molar-refractivity contribution in [1.29, 1.82) is 0 Å². The van der Waals surface area contributed by atoms with E-state index in [-0.39, 0.29) is 0 Å². The predicted molar refractivity (Wildman–Crippen MR) is 59.6 cm³/mol. The molecule has 0 radical (unpaired) electrons. The Kier molecular flexibility index (Phi) is 5.34. The molecule has 1 nitrogen and oxygen atoms in total. The molecular formula is C9H13BrClN. The summed E-state index contributed by atoms with van der Waals surface area (Å²) in [6.07, 6.45) is 0. The molecule has 0 aliphatic rings. The Labute approximate surface area is 87.0 Å². The summed E-state index contributed by atoms with van der Waals surface area (Å²) in [6, 6.07) is 3.64. The zero-order valence-electron chi connectivity index (χ0n) is 7.49. The van der Waals surface area contributed by atoms with Gasteiger partial charge in [0.25, 0.3) is 0 Å². The van der Waals surface area contributed by atoms with E-state index in [9.17, 15) is 0 Å². The maximum Gasteiger partial charge on any atom is 0.0552 e. The average Bonchev–Trinajstić information content (AvgIpc) is 2.05. The monoisotopic (exact) mass is 249 g/mol.